The number of rotatable bonds is 6. The van der Waals surface area contributed by atoms with Gasteiger partial charge >= 0.3 is 0 Å². The van der Waals surface area contributed by atoms with Crippen LogP contribution in [0.25, 0.3) is 10.9 Å². The number of nitrogens with zero attached hydrogens (tertiary/aromatic N) is 2. The molecule has 0 aliphatic heterocycles. The van der Waals surface area contributed by atoms with Crippen LogP contribution in [0, 0.1) is 11.6 Å². The lowest BCUT2D eigenvalue weighted by Crippen LogP contribution is -2.22. The average Bonchev–Trinajstić information content (AvgIpc) is 2.78. The summed E-state index contributed by atoms with van der Waals surface area (Å²) >= 11 is 12.0. The van der Waals surface area contributed by atoms with Crippen molar-refractivity contribution in [2.24, 2.45) is 0 Å². The van der Waals surface area contributed by atoms with E-state index in [-0.39, 0.29) is 17.9 Å². The van der Waals surface area contributed by atoms with Gasteiger partial charge in [0.1, 0.15) is 5.82 Å². The molecule has 1 aromatic heterocycles. The highest BCUT2D eigenvalue weighted by atomic mass is 35.5. The quantitative estimate of drug-likeness (QED) is 0.411. The van der Waals surface area contributed by atoms with E-state index in [1.165, 1.54) is 17.0 Å². The van der Waals surface area contributed by atoms with Crippen LogP contribution < -0.4 is 15.6 Å². The number of fused-ring (bicyclic) bond motifs is 1. The van der Waals surface area contributed by atoms with Crippen molar-refractivity contribution in [2.75, 3.05) is 11.9 Å². The second kappa shape index (κ2) is 9.56. The van der Waals surface area contributed by atoms with E-state index in [1.807, 2.05) is 0 Å². The molecule has 0 saturated carbocycles. The first kappa shape index (κ1) is 22.7. The summed E-state index contributed by atoms with van der Waals surface area (Å²) < 4.78 is 33.1. The number of amides is 1. The van der Waals surface area contributed by atoms with Gasteiger partial charge in [0.05, 0.1) is 33.8 Å². The molecule has 0 aliphatic carbocycles. The Labute approximate surface area is 196 Å². The third-order valence-corrected chi connectivity index (χ3v) is 5.44. The van der Waals surface area contributed by atoms with Crippen molar-refractivity contribution in [1.29, 1.82) is 0 Å². The van der Waals surface area contributed by atoms with Gasteiger partial charge in [-0.2, -0.15) is 0 Å². The molecule has 0 unspecified atom stereocenters. The van der Waals surface area contributed by atoms with Crippen molar-refractivity contribution in [3.8, 4) is 5.75 Å². The van der Waals surface area contributed by atoms with Gasteiger partial charge in [-0.05, 0) is 48.0 Å². The fourth-order valence-electron chi connectivity index (χ4n) is 3.12. The monoisotopic (exact) mass is 489 g/mol. The summed E-state index contributed by atoms with van der Waals surface area (Å²) in [4.78, 5) is 29.4. The molecule has 0 fully saturated rings. The molecule has 1 heterocycles. The van der Waals surface area contributed by atoms with Crippen molar-refractivity contribution in [3.63, 3.8) is 0 Å². The van der Waals surface area contributed by atoms with E-state index < -0.39 is 24.1 Å². The molecular weight excluding hydrogens is 475 g/mol. The van der Waals surface area contributed by atoms with Gasteiger partial charge in [0.25, 0.3) is 11.5 Å². The van der Waals surface area contributed by atoms with Crippen LogP contribution >= 0.6 is 23.2 Å². The zero-order chi connectivity index (χ0) is 23.5. The highest BCUT2D eigenvalue weighted by Gasteiger charge is 2.11. The number of anilines is 1. The fraction of sp³-hybridized carbons (Fsp3) is 0.0870. The van der Waals surface area contributed by atoms with Crippen LogP contribution in [0.5, 0.6) is 5.75 Å². The molecule has 4 aromatic rings. The second-order valence-corrected chi connectivity index (χ2v) is 7.88. The number of carbonyl (C=O) groups is 1. The zero-order valence-electron chi connectivity index (χ0n) is 16.8. The Bertz CT molecular complexity index is 1430. The number of benzene rings is 3. The number of hydrogen-bond donors (Lipinski definition) is 1. The van der Waals surface area contributed by atoms with Crippen LogP contribution in [-0.4, -0.2) is 22.1 Å². The summed E-state index contributed by atoms with van der Waals surface area (Å²) in [5.41, 5.74) is 1.24. The molecule has 4 rings (SSSR count). The largest absolute Gasteiger partial charge is 0.481 e. The van der Waals surface area contributed by atoms with Crippen LogP contribution in [0.15, 0.2) is 65.7 Å². The lowest BCUT2D eigenvalue weighted by atomic mass is 10.2. The number of aromatic nitrogens is 2. The number of nitrogens with one attached hydrogen (secondary N) is 1. The normalized spacial score (nSPS) is 10.9. The fourth-order valence-corrected chi connectivity index (χ4v) is 3.44. The third kappa shape index (κ3) is 5.30. The molecule has 0 saturated heterocycles. The van der Waals surface area contributed by atoms with Crippen LogP contribution in [-0.2, 0) is 11.3 Å². The average molecular weight is 490 g/mol. The van der Waals surface area contributed by atoms with Crippen molar-refractivity contribution < 1.29 is 18.3 Å². The first-order valence-electron chi connectivity index (χ1n) is 9.61. The maximum Gasteiger partial charge on any atom is 0.262 e. The minimum atomic E-state index is -0.915. The van der Waals surface area contributed by atoms with Gasteiger partial charge in [-0.3, -0.25) is 14.2 Å². The predicted molar refractivity (Wildman–Crippen MR) is 122 cm³/mol. The maximum atomic E-state index is 13.6. The second-order valence-electron chi connectivity index (χ2n) is 7.07. The van der Waals surface area contributed by atoms with Crippen LogP contribution in [0.2, 0.25) is 10.0 Å². The third-order valence-electron chi connectivity index (χ3n) is 4.70. The van der Waals surface area contributed by atoms with Gasteiger partial charge < -0.3 is 10.1 Å². The zero-order valence-corrected chi connectivity index (χ0v) is 18.3. The Morgan fingerprint density at radius 1 is 1.03 bits per heavy atom. The molecule has 0 bridgehead atoms. The molecule has 33 heavy (non-hydrogen) atoms. The summed E-state index contributed by atoms with van der Waals surface area (Å²) in [6.07, 6.45) is 1.43. The first-order valence-corrected chi connectivity index (χ1v) is 10.4. The molecule has 0 atom stereocenters. The summed E-state index contributed by atoms with van der Waals surface area (Å²) in [7, 11) is 0. The number of carbonyl (C=O) groups excluding carboxylic acids is 1. The van der Waals surface area contributed by atoms with Gasteiger partial charge in [0.15, 0.2) is 18.2 Å². The Morgan fingerprint density at radius 2 is 1.85 bits per heavy atom. The van der Waals surface area contributed by atoms with E-state index >= 15 is 0 Å². The molecule has 1 amide bonds. The van der Waals surface area contributed by atoms with E-state index in [0.717, 1.165) is 17.7 Å². The van der Waals surface area contributed by atoms with E-state index in [1.54, 1.807) is 30.3 Å². The SMILES string of the molecule is O=C(COc1ccc(F)cc1F)Nc1ccc2ncn(Cc3ccc(Cl)c(Cl)c3)c(=O)c2c1. The van der Waals surface area contributed by atoms with E-state index in [9.17, 15) is 18.4 Å². The molecule has 168 valence electrons. The van der Waals surface area contributed by atoms with Crippen molar-refractivity contribution in [1.82, 2.24) is 9.55 Å². The summed E-state index contributed by atoms with van der Waals surface area (Å²) in [6, 6.07) is 12.5. The van der Waals surface area contributed by atoms with E-state index in [0.29, 0.717) is 32.7 Å². The van der Waals surface area contributed by atoms with Gasteiger partial charge in [-0.1, -0.05) is 29.3 Å². The molecule has 3 aromatic carbocycles. The van der Waals surface area contributed by atoms with Crippen molar-refractivity contribution in [2.45, 2.75) is 6.54 Å². The Kier molecular flexibility index (Phi) is 6.57. The highest BCUT2D eigenvalue weighted by Crippen LogP contribution is 2.23. The molecule has 6 nitrogen and oxygen atoms in total. The number of halogens is 4. The summed E-state index contributed by atoms with van der Waals surface area (Å²) in [5.74, 6) is -2.50. The van der Waals surface area contributed by atoms with Gasteiger partial charge in [0.2, 0.25) is 0 Å². The van der Waals surface area contributed by atoms with E-state index in [4.69, 9.17) is 27.9 Å². The van der Waals surface area contributed by atoms with E-state index in [2.05, 4.69) is 10.3 Å². The molecule has 10 heteroatoms. The first-order chi connectivity index (χ1) is 15.8. The molecule has 1 N–H and O–H groups in total. The van der Waals surface area contributed by atoms with Crippen LogP contribution in [0.1, 0.15) is 5.56 Å². The highest BCUT2D eigenvalue weighted by molar-refractivity contribution is 6.42. The predicted octanol–water partition coefficient (Wildman–Crippen LogP) is 5.05. The van der Waals surface area contributed by atoms with Gasteiger partial charge in [-0.15, -0.1) is 0 Å². The van der Waals surface area contributed by atoms with Crippen molar-refractivity contribution in [3.05, 3.63) is 98.5 Å². The lowest BCUT2D eigenvalue weighted by molar-refractivity contribution is -0.118. The lowest BCUT2D eigenvalue weighted by Gasteiger charge is -2.10. The molecule has 0 spiro atoms. The maximum absolute atomic E-state index is 13.6. The molecule has 0 radical (unpaired) electrons. The molecular formula is C23H15Cl2F2N3O3. The Morgan fingerprint density at radius 3 is 2.61 bits per heavy atom. The Hall–Kier alpha value is -3.49. The van der Waals surface area contributed by atoms with Crippen molar-refractivity contribution >= 4 is 45.7 Å². The minimum Gasteiger partial charge on any atom is -0.481 e. The minimum absolute atomic E-state index is 0.228. The summed E-state index contributed by atoms with van der Waals surface area (Å²) in [5, 5.41) is 3.66. The number of ether oxygens (including phenoxy) is 1. The van der Waals surface area contributed by atoms with Crippen LogP contribution in [0.4, 0.5) is 14.5 Å². The standard InChI is InChI=1S/C23H15Cl2F2N3O3/c24-17-4-1-13(7-18(17)25)10-30-12-28-20-5-3-15(9-16(20)23(30)32)29-22(31)11-33-21-6-2-14(26)8-19(21)27/h1-9,12H,10-11H2,(H,29,31). The van der Waals surface area contributed by atoms with Crippen LogP contribution in [0.3, 0.4) is 0 Å². The number of hydrogen-bond acceptors (Lipinski definition) is 4. The summed E-state index contributed by atoms with van der Waals surface area (Å²) in [6.45, 7) is -0.276. The molecule has 0 aliphatic rings. The van der Waals surface area contributed by atoms with Gasteiger partial charge in [-0.25, -0.2) is 13.8 Å². The topological polar surface area (TPSA) is 73.2 Å². The smallest absolute Gasteiger partial charge is 0.262 e. The Balaban J connectivity index is 1.50. The van der Waals surface area contributed by atoms with Gasteiger partial charge in [0, 0.05) is 11.8 Å².